The Kier molecular flexibility index (Phi) is 8.87. The van der Waals surface area contributed by atoms with E-state index in [9.17, 15) is 5.11 Å². The minimum atomic E-state index is -0.915. The first-order valence-electron chi connectivity index (χ1n) is 22.0. The number of rotatable bonds is 4. The molecule has 3 bridgehead atoms. The predicted octanol–water partition coefficient (Wildman–Crippen LogP) is 9.02. The highest BCUT2D eigenvalue weighted by molar-refractivity contribution is 6.07. The van der Waals surface area contributed by atoms with Crippen molar-refractivity contribution < 1.29 is 5.11 Å². The van der Waals surface area contributed by atoms with Crippen LogP contribution in [0.5, 0.6) is 0 Å². The maximum atomic E-state index is 13.7. The number of nitrogens with one attached hydrogen (secondary N) is 2. The van der Waals surface area contributed by atoms with Crippen molar-refractivity contribution in [3.05, 3.63) is 114 Å². The molecular weight excluding hydrogens is 689 g/mol. The van der Waals surface area contributed by atoms with Crippen molar-refractivity contribution >= 4 is 32.7 Å². The van der Waals surface area contributed by atoms with Crippen molar-refractivity contribution in [2.45, 2.75) is 101 Å². The number of piperidine rings is 1. The van der Waals surface area contributed by atoms with Gasteiger partial charge in [-0.2, -0.15) is 0 Å². The summed E-state index contributed by atoms with van der Waals surface area (Å²) in [6.07, 6.45) is 27.4. The molecular formula is C49H58N6O. The molecule has 2 fully saturated rings. The van der Waals surface area contributed by atoms with Crippen molar-refractivity contribution in [3.63, 3.8) is 0 Å². The van der Waals surface area contributed by atoms with Gasteiger partial charge in [-0.1, -0.05) is 66.8 Å². The number of aromatic amines is 2. The molecule has 3 N–H and O–H groups in total. The van der Waals surface area contributed by atoms with Crippen LogP contribution in [0.25, 0.3) is 32.7 Å². The highest BCUT2D eigenvalue weighted by Crippen LogP contribution is 2.62. The lowest BCUT2D eigenvalue weighted by atomic mass is 9.54. The number of para-hydroxylation sites is 2. The minimum Gasteiger partial charge on any atom is -0.384 e. The Balaban J connectivity index is 1.06. The molecule has 7 atom stereocenters. The molecule has 2 unspecified atom stereocenters. The molecule has 11 rings (SSSR count). The number of hydrogen-bond acceptors (Lipinski definition) is 5. The van der Waals surface area contributed by atoms with Gasteiger partial charge in [-0.15, -0.1) is 0 Å². The summed E-state index contributed by atoms with van der Waals surface area (Å²) < 4.78 is 0. The number of benzene rings is 2. The van der Waals surface area contributed by atoms with Crippen LogP contribution in [-0.2, 0) is 12.8 Å². The van der Waals surface area contributed by atoms with E-state index in [1.807, 2.05) is 6.20 Å². The van der Waals surface area contributed by atoms with Crippen LogP contribution in [0.15, 0.2) is 96.7 Å². The first-order chi connectivity index (χ1) is 27.6. The van der Waals surface area contributed by atoms with Crippen molar-refractivity contribution in [2.24, 2.45) is 11.3 Å². The van der Waals surface area contributed by atoms with Gasteiger partial charge in [0.15, 0.2) is 0 Å². The van der Waals surface area contributed by atoms with E-state index in [2.05, 4.69) is 110 Å². The second kappa shape index (κ2) is 14.1. The molecule has 1 spiro atoms. The SMILES string of the molecule is O[C@]12C=C(C3c4[nH]c5ccccc5c4CCN3CCc3nccc4c3[nH]c3ccccc34)[C@@H]3CCN(CCCC/C=C\CC1)C[C@@]31C[C@@H]3/C=C\CCCCN3[C@H]12. The van der Waals surface area contributed by atoms with E-state index in [0.717, 1.165) is 83.4 Å². The molecule has 3 aromatic heterocycles. The third-order valence-electron chi connectivity index (χ3n) is 15.1. The van der Waals surface area contributed by atoms with Gasteiger partial charge in [-0.3, -0.25) is 14.8 Å². The zero-order valence-electron chi connectivity index (χ0n) is 32.9. The topological polar surface area (TPSA) is 74.4 Å². The van der Waals surface area contributed by atoms with Crippen LogP contribution in [0.3, 0.4) is 0 Å². The highest BCUT2D eigenvalue weighted by atomic mass is 16.3. The van der Waals surface area contributed by atoms with Crippen LogP contribution in [0, 0.1) is 11.3 Å². The lowest BCUT2D eigenvalue weighted by molar-refractivity contribution is -0.100. The van der Waals surface area contributed by atoms with Gasteiger partial charge < -0.3 is 20.0 Å². The normalized spacial score (nSPS) is 33.7. The second-order valence-electron chi connectivity index (χ2n) is 18.2. The molecule has 5 aliphatic heterocycles. The van der Waals surface area contributed by atoms with Gasteiger partial charge in [-0.25, -0.2) is 0 Å². The van der Waals surface area contributed by atoms with Crippen LogP contribution in [0.2, 0.25) is 0 Å². The van der Waals surface area contributed by atoms with E-state index >= 15 is 0 Å². The molecule has 0 radical (unpaired) electrons. The number of fused-ring (bicyclic) bond motifs is 8. The molecule has 0 amide bonds. The number of nitrogens with zero attached hydrogens (tertiary/aromatic N) is 4. The molecule has 7 nitrogen and oxygen atoms in total. The summed E-state index contributed by atoms with van der Waals surface area (Å²) in [5.74, 6) is 0.409. The van der Waals surface area contributed by atoms with E-state index in [1.165, 1.54) is 88.2 Å². The Morgan fingerprint density at radius 2 is 1.61 bits per heavy atom. The monoisotopic (exact) mass is 746 g/mol. The Hall–Kier alpha value is -4.01. The highest BCUT2D eigenvalue weighted by Gasteiger charge is 2.66. The van der Waals surface area contributed by atoms with Gasteiger partial charge in [0.2, 0.25) is 0 Å². The molecule has 6 aliphatic rings. The lowest BCUT2D eigenvalue weighted by Crippen LogP contribution is -2.66. The average molecular weight is 747 g/mol. The number of allylic oxidation sites excluding steroid dienone is 3. The number of aromatic nitrogens is 3. The summed E-state index contributed by atoms with van der Waals surface area (Å²) in [6, 6.07) is 20.4. The third-order valence-corrected chi connectivity index (χ3v) is 15.1. The molecule has 56 heavy (non-hydrogen) atoms. The van der Waals surface area contributed by atoms with E-state index in [4.69, 9.17) is 4.98 Å². The van der Waals surface area contributed by atoms with E-state index < -0.39 is 5.60 Å². The van der Waals surface area contributed by atoms with Crippen molar-refractivity contribution in [2.75, 3.05) is 39.3 Å². The van der Waals surface area contributed by atoms with Gasteiger partial charge in [0, 0.05) is 76.6 Å². The second-order valence-corrected chi connectivity index (χ2v) is 18.2. The van der Waals surface area contributed by atoms with Crippen molar-refractivity contribution in [1.82, 2.24) is 29.7 Å². The van der Waals surface area contributed by atoms with Gasteiger partial charge >= 0.3 is 0 Å². The Labute approximate surface area is 331 Å². The van der Waals surface area contributed by atoms with Crippen LogP contribution in [-0.4, -0.2) is 91.7 Å². The minimum absolute atomic E-state index is 0.0129. The van der Waals surface area contributed by atoms with E-state index in [-0.39, 0.29) is 17.5 Å². The number of pyridine rings is 1. The quantitative estimate of drug-likeness (QED) is 0.160. The van der Waals surface area contributed by atoms with E-state index in [1.54, 1.807) is 0 Å². The maximum Gasteiger partial charge on any atom is 0.0994 e. The first kappa shape index (κ1) is 35.2. The zero-order valence-corrected chi connectivity index (χ0v) is 32.9. The average Bonchev–Trinajstić information content (AvgIpc) is 3.87. The Bertz CT molecular complexity index is 2350. The van der Waals surface area contributed by atoms with Gasteiger partial charge in [0.25, 0.3) is 0 Å². The van der Waals surface area contributed by atoms with Gasteiger partial charge in [-0.05, 0) is 126 Å². The summed E-state index contributed by atoms with van der Waals surface area (Å²) in [5.41, 5.74) is 8.12. The molecule has 2 aromatic carbocycles. The number of H-pyrrole nitrogens is 2. The Morgan fingerprint density at radius 3 is 2.52 bits per heavy atom. The number of aliphatic hydroxyl groups is 1. The van der Waals surface area contributed by atoms with Crippen LogP contribution < -0.4 is 0 Å². The smallest absolute Gasteiger partial charge is 0.0994 e. The summed E-state index contributed by atoms with van der Waals surface area (Å²) in [4.78, 5) is 21.2. The lowest BCUT2D eigenvalue weighted by Gasteiger charge is -2.59. The third kappa shape index (κ3) is 5.71. The first-order valence-corrected chi connectivity index (χ1v) is 22.0. The molecule has 2 saturated heterocycles. The van der Waals surface area contributed by atoms with Crippen molar-refractivity contribution in [3.8, 4) is 0 Å². The molecule has 5 aromatic rings. The molecule has 8 heterocycles. The molecule has 1 aliphatic carbocycles. The van der Waals surface area contributed by atoms with Crippen LogP contribution in [0.4, 0.5) is 0 Å². The summed E-state index contributed by atoms with van der Waals surface area (Å²) in [6.45, 7) is 6.39. The predicted molar refractivity (Wildman–Crippen MR) is 228 cm³/mol. The zero-order chi connectivity index (χ0) is 37.3. The molecule has 7 heteroatoms. The fourth-order valence-corrected chi connectivity index (χ4v) is 12.9. The van der Waals surface area contributed by atoms with E-state index in [0.29, 0.717) is 12.0 Å². The Morgan fingerprint density at radius 1 is 0.804 bits per heavy atom. The molecule has 0 saturated carbocycles. The summed E-state index contributed by atoms with van der Waals surface area (Å²) in [5, 5.41) is 17.6. The fraction of sp³-hybridized carbons (Fsp3) is 0.490. The fourth-order valence-electron chi connectivity index (χ4n) is 12.9. The van der Waals surface area contributed by atoms with Gasteiger partial charge in [0.05, 0.1) is 28.9 Å². The molecule has 290 valence electrons. The standard InChI is InChI=1S/C49H58N6O/c56-49-24-12-4-1-2-5-13-26-53-28-22-40(48(33-53)31-34-15-7-3-6-14-27-55(34)47(48)49)39(32-49)46-45-38(36-17-9-11-19-42(36)52-45)21-29-54(46)30-23-43-44-37(20-25-50-43)35-16-8-10-18-41(35)51-44/h1,4,7-11,15-20,25,32,34,40,46-47,51-52,56H,2-3,5-6,12-14,21-24,26-31,33H2/b4-1-,15-7-/t34-,40-,46?,47+,48-,49-/m0/s1. The van der Waals surface area contributed by atoms with Crippen LogP contribution >= 0.6 is 0 Å². The maximum absolute atomic E-state index is 13.7. The summed E-state index contributed by atoms with van der Waals surface area (Å²) >= 11 is 0. The van der Waals surface area contributed by atoms with Crippen LogP contribution in [0.1, 0.15) is 87.2 Å². The summed E-state index contributed by atoms with van der Waals surface area (Å²) in [7, 11) is 0. The van der Waals surface area contributed by atoms with Gasteiger partial charge in [0.1, 0.15) is 0 Å². The largest absolute Gasteiger partial charge is 0.384 e. The van der Waals surface area contributed by atoms with Crippen molar-refractivity contribution in [1.29, 1.82) is 0 Å². The number of hydrogen-bond donors (Lipinski definition) is 3.